The molecule has 0 amide bonds. The fraction of sp³-hybridized carbons (Fsp3) is 0.842. The van der Waals surface area contributed by atoms with E-state index in [1.807, 2.05) is 0 Å². The molecule has 1 saturated heterocycles. The first-order chi connectivity index (χ1) is 11.2. The fourth-order valence-electron chi connectivity index (χ4n) is 5.68. The lowest BCUT2D eigenvalue weighted by molar-refractivity contribution is 0.0284. The second-order valence-electron chi connectivity index (χ2n) is 7.94. The van der Waals surface area contributed by atoms with Gasteiger partial charge < -0.3 is 9.47 Å². The van der Waals surface area contributed by atoms with Crippen LogP contribution in [-0.2, 0) is 9.47 Å². The molecule has 1 aliphatic heterocycles. The topological polar surface area (TPSA) is 38.8 Å². The highest BCUT2D eigenvalue weighted by atomic mass is 16.7. The smallest absolute Gasteiger partial charge is 0.438 e. The van der Waals surface area contributed by atoms with E-state index in [4.69, 9.17) is 9.47 Å². The zero-order chi connectivity index (χ0) is 16.0. The molecule has 1 saturated carbocycles. The first-order valence-electron chi connectivity index (χ1n) is 9.37. The highest BCUT2D eigenvalue weighted by Crippen LogP contribution is 2.67. The lowest BCUT2D eigenvalue weighted by Crippen LogP contribution is -2.50. The van der Waals surface area contributed by atoms with Crippen molar-refractivity contribution in [2.24, 2.45) is 11.3 Å². The molecule has 23 heavy (non-hydrogen) atoms. The summed E-state index contributed by atoms with van der Waals surface area (Å²) in [6.07, 6.45) is 9.14. The molecular formula is C19H29NO3. The lowest BCUT2D eigenvalue weighted by Gasteiger charge is -2.48. The van der Waals surface area contributed by atoms with Gasteiger partial charge >= 0.3 is 6.16 Å². The number of nitrogens with zero attached hydrogens (tertiary/aromatic N) is 1. The molecule has 4 rings (SSSR count). The van der Waals surface area contributed by atoms with E-state index in [-0.39, 0.29) is 6.10 Å². The number of ether oxygens (including phenoxy) is 2. The van der Waals surface area contributed by atoms with Gasteiger partial charge in [-0.1, -0.05) is 12.5 Å². The fourth-order valence-corrected chi connectivity index (χ4v) is 5.68. The van der Waals surface area contributed by atoms with Gasteiger partial charge in [-0.05, 0) is 81.4 Å². The summed E-state index contributed by atoms with van der Waals surface area (Å²) in [5, 5.41) is 0. The van der Waals surface area contributed by atoms with E-state index in [1.54, 1.807) is 5.57 Å². The molecule has 0 aromatic carbocycles. The maximum Gasteiger partial charge on any atom is 0.508 e. The van der Waals surface area contributed by atoms with E-state index < -0.39 is 6.16 Å². The molecule has 4 atom stereocenters. The molecule has 1 unspecified atom stereocenters. The van der Waals surface area contributed by atoms with Crippen molar-refractivity contribution in [3.05, 3.63) is 11.1 Å². The molecule has 1 spiro atoms. The Balaban J connectivity index is 1.58. The third-order valence-electron chi connectivity index (χ3n) is 6.81. The summed E-state index contributed by atoms with van der Waals surface area (Å²) in [4.78, 5) is 14.4. The standard InChI is InChI=1S/C19H29NO3/c1-3-8-20-9-7-14-11-19(14)12-15-13(10-17(19)20)5-4-6-16(15)23-18(21)22-2/h14,16-17H,3-12H2,1-2H3/t14?,16-,17-,19-/m1/s1. The van der Waals surface area contributed by atoms with Crippen LogP contribution in [-0.4, -0.2) is 43.4 Å². The summed E-state index contributed by atoms with van der Waals surface area (Å²) in [7, 11) is 1.40. The van der Waals surface area contributed by atoms with Crippen molar-refractivity contribution in [2.45, 2.75) is 70.4 Å². The van der Waals surface area contributed by atoms with Gasteiger partial charge in [0, 0.05) is 6.04 Å². The van der Waals surface area contributed by atoms with Crippen molar-refractivity contribution in [3.63, 3.8) is 0 Å². The monoisotopic (exact) mass is 319 g/mol. The predicted octanol–water partition coefficient (Wildman–Crippen LogP) is 3.90. The van der Waals surface area contributed by atoms with Gasteiger partial charge in [-0.25, -0.2) is 4.79 Å². The van der Waals surface area contributed by atoms with Crippen LogP contribution in [0.4, 0.5) is 4.79 Å². The molecule has 4 nitrogen and oxygen atoms in total. The van der Waals surface area contributed by atoms with Crippen LogP contribution in [0.25, 0.3) is 0 Å². The lowest BCUT2D eigenvalue weighted by atomic mass is 9.69. The average Bonchev–Trinajstić information content (AvgIpc) is 3.27. The molecule has 0 radical (unpaired) electrons. The van der Waals surface area contributed by atoms with Crippen LogP contribution in [0.15, 0.2) is 11.1 Å². The minimum atomic E-state index is -0.521. The Morgan fingerprint density at radius 2 is 2.26 bits per heavy atom. The van der Waals surface area contributed by atoms with Gasteiger partial charge in [-0.15, -0.1) is 0 Å². The summed E-state index contributed by atoms with van der Waals surface area (Å²) in [6, 6.07) is 0.747. The molecule has 0 N–H and O–H groups in total. The zero-order valence-electron chi connectivity index (χ0n) is 14.5. The van der Waals surface area contributed by atoms with E-state index in [2.05, 4.69) is 11.8 Å². The third-order valence-corrected chi connectivity index (χ3v) is 6.81. The molecule has 4 aliphatic rings. The third kappa shape index (κ3) is 2.50. The summed E-state index contributed by atoms with van der Waals surface area (Å²) in [5.41, 5.74) is 3.55. The van der Waals surface area contributed by atoms with Crippen LogP contribution in [0.1, 0.15) is 58.3 Å². The normalized spacial score (nSPS) is 39.1. The number of piperidine rings is 1. The Hall–Kier alpha value is -1.03. The number of rotatable bonds is 3. The number of hydrogen-bond donors (Lipinski definition) is 0. The summed E-state index contributed by atoms with van der Waals surface area (Å²) in [5.74, 6) is 0.912. The van der Waals surface area contributed by atoms with Crippen LogP contribution in [0, 0.1) is 11.3 Å². The van der Waals surface area contributed by atoms with E-state index in [9.17, 15) is 4.79 Å². The molecule has 1 heterocycles. The van der Waals surface area contributed by atoms with Crippen LogP contribution in [0.2, 0.25) is 0 Å². The van der Waals surface area contributed by atoms with Gasteiger partial charge in [0.2, 0.25) is 0 Å². The molecular weight excluding hydrogens is 290 g/mol. The quantitative estimate of drug-likeness (QED) is 0.584. The van der Waals surface area contributed by atoms with Crippen molar-refractivity contribution in [2.75, 3.05) is 20.2 Å². The molecule has 0 aromatic rings. The first-order valence-corrected chi connectivity index (χ1v) is 9.37. The SMILES string of the molecule is CCCN1CCC2C[C@@]23CC2=C(CCC[C@H]2OC(=O)OC)C[C@@H]13. The molecule has 2 fully saturated rings. The average molecular weight is 319 g/mol. The van der Waals surface area contributed by atoms with Crippen LogP contribution in [0.3, 0.4) is 0 Å². The van der Waals surface area contributed by atoms with Crippen molar-refractivity contribution in [1.82, 2.24) is 4.90 Å². The van der Waals surface area contributed by atoms with Crippen LogP contribution < -0.4 is 0 Å². The second-order valence-corrected chi connectivity index (χ2v) is 7.94. The van der Waals surface area contributed by atoms with E-state index in [0.29, 0.717) is 5.41 Å². The Morgan fingerprint density at radius 1 is 1.39 bits per heavy atom. The minimum absolute atomic E-state index is 0.0238. The van der Waals surface area contributed by atoms with Crippen molar-refractivity contribution < 1.29 is 14.3 Å². The molecule has 0 aromatic heterocycles. The minimum Gasteiger partial charge on any atom is -0.438 e. The van der Waals surface area contributed by atoms with E-state index in [0.717, 1.165) is 24.8 Å². The van der Waals surface area contributed by atoms with Crippen LogP contribution in [0.5, 0.6) is 0 Å². The largest absolute Gasteiger partial charge is 0.508 e. The molecule has 128 valence electrons. The van der Waals surface area contributed by atoms with Gasteiger partial charge in [0.1, 0.15) is 6.10 Å². The summed E-state index contributed by atoms with van der Waals surface area (Å²) >= 11 is 0. The van der Waals surface area contributed by atoms with Gasteiger partial charge in [0.15, 0.2) is 0 Å². The molecule has 3 aliphatic carbocycles. The maximum atomic E-state index is 11.6. The summed E-state index contributed by atoms with van der Waals surface area (Å²) in [6.45, 7) is 4.82. The van der Waals surface area contributed by atoms with Gasteiger partial charge in [0.25, 0.3) is 0 Å². The molecule has 0 bridgehead atoms. The number of carbonyl (C=O) groups is 1. The zero-order valence-corrected chi connectivity index (χ0v) is 14.5. The number of carbonyl (C=O) groups excluding carboxylic acids is 1. The van der Waals surface area contributed by atoms with Gasteiger partial charge in [0.05, 0.1) is 7.11 Å². The van der Waals surface area contributed by atoms with E-state index >= 15 is 0 Å². The highest BCUT2D eigenvalue weighted by Gasteiger charge is 2.64. The number of hydrogen-bond acceptors (Lipinski definition) is 4. The van der Waals surface area contributed by atoms with Gasteiger partial charge in [-0.3, -0.25) is 4.90 Å². The Morgan fingerprint density at radius 3 is 3.04 bits per heavy atom. The Bertz CT molecular complexity index is 529. The predicted molar refractivity (Wildman–Crippen MR) is 88.2 cm³/mol. The second kappa shape index (κ2) is 5.80. The van der Waals surface area contributed by atoms with Crippen molar-refractivity contribution in [1.29, 1.82) is 0 Å². The first kappa shape index (κ1) is 15.5. The van der Waals surface area contributed by atoms with E-state index in [1.165, 1.54) is 64.3 Å². The number of methoxy groups -OCH3 is 1. The van der Waals surface area contributed by atoms with Crippen LogP contribution >= 0.6 is 0 Å². The Kier molecular flexibility index (Phi) is 3.91. The maximum absolute atomic E-state index is 11.6. The summed E-state index contributed by atoms with van der Waals surface area (Å²) < 4.78 is 10.3. The Labute approximate surface area is 139 Å². The van der Waals surface area contributed by atoms with Crippen molar-refractivity contribution in [3.8, 4) is 0 Å². The number of likely N-dealkylation sites (tertiary alicyclic amines) is 1. The highest BCUT2D eigenvalue weighted by molar-refractivity contribution is 5.60. The van der Waals surface area contributed by atoms with Crippen molar-refractivity contribution >= 4 is 6.16 Å². The van der Waals surface area contributed by atoms with Gasteiger partial charge in [-0.2, -0.15) is 0 Å². The molecule has 4 heteroatoms.